The van der Waals surface area contributed by atoms with Gasteiger partial charge >= 0.3 is 0 Å². The number of likely N-dealkylation sites (tertiary alicyclic amines) is 1. The Bertz CT molecular complexity index is 1110. The molecule has 2 heterocycles. The van der Waals surface area contributed by atoms with E-state index in [1.807, 2.05) is 24.3 Å². The molecule has 2 aromatic carbocycles. The van der Waals surface area contributed by atoms with Gasteiger partial charge in [0.15, 0.2) is 11.5 Å². The van der Waals surface area contributed by atoms with E-state index in [0.29, 0.717) is 29.3 Å². The number of phenolic OH excluding ortho intramolecular Hbond substituents is 1. The predicted octanol–water partition coefficient (Wildman–Crippen LogP) is 4.30. The number of hydrogen-bond acceptors (Lipinski definition) is 5. The van der Waals surface area contributed by atoms with Gasteiger partial charge in [0.05, 0.1) is 13.1 Å². The number of rotatable bonds is 3. The molecule has 0 aliphatic carbocycles. The van der Waals surface area contributed by atoms with Crippen molar-refractivity contribution in [2.24, 2.45) is 0 Å². The molecule has 6 nitrogen and oxygen atoms in total. The normalized spacial score (nSPS) is 19.0. The average Bonchev–Trinajstić information content (AvgIpc) is 2.67. The summed E-state index contributed by atoms with van der Waals surface area (Å²) in [5.74, 6) is -2.39. The van der Waals surface area contributed by atoms with Crippen LogP contribution in [0.15, 0.2) is 42.5 Å². The van der Waals surface area contributed by atoms with Crippen LogP contribution < -0.4 is 5.32 Å². The van der Waals surface area contributed by atoms with Crippen molar-refractivity contribution in [1.29, 1.82) is 0 Å². The number of fused-ring (bicyclic) bond motifs is 1. The maximum absolute atomic E-state index is 13.9. The number of nitrogens with zero attached hydrogens (tertiary/aromatic N) is 4. The van der Waals surface area contributed by atoms with Gasteiger partial charge in [-0.25, -0.2) is 13.6 Å². The summed E-state index contributed by atoms with van der Waals surface area (Å²) in [4.78, 5) is 4.90. The molecule has 4 rings (SSSR count). The third kappa shape index (κ3) is 3.82. The van der Waals surface area contributed by atoms with Crippen molar-refractivity contribution in [3.63, 3.8) is 0 Å². The molecule has 1 atom stereocenters. The topological polar surface area (TPSA) is 65.6 Å². The highest BCUT2D eigenvalue weighted by Gasteiger charge is 2.39. The van der Waals surface area contributed by atoms with Crippen molar-refractivity contribution in [2.45, 2.75) is 18.4 Å². The average molecular weight is 395 g/mol. The van der Waals surface area contributed by atoms with Gasteiger partial charge in [0.2, 0.25) is 0 Å². The van der Waals surface area contributed by atoms with Crippen LogP contribution in [0.1, 0.15) is 6.42 Å². The van der Waals surface area contributed by atoms with Gasteiger partial charge in [0.1, 0.15) is 11.4 Å². The van der Waals surface area contributed by atoms with Gasteiger partial charge in [-0.15, -0.1) is 10.2 Å². The zero-order valence-electron chi connectivity index (χ0n) is 15.7. The maximum Gasteiger partial charge on any atom is 0.262 e. The molecule has 0 saturated carbocycles. The molecule has 1 fully saturated rings. The Balaban J connectivity index is 1.74. The van der Waals surface area contributed by atoms with E-state index in [0.717, 1.165) is 10.8 Å². The highest BCUT2D eigenvalue weighted by Crippen LogP contribution is 2.37. The standard InChI is InChI=1S/C21H19F2N5O/c1-24-13-7-8-17(18(29)9-13)19-15-5-3-4-6-16(15)20(27-26-19)25-14-10-21(22,23)12-28(2)11-14/h3-9,14,29H,10-12H2,2H3,(H,25,27)/t14-/m1/s1. The minimum absolute atomic E-state index is 0.0628. The molecule has 1 aliphatic rings. The van der Waals surface area contributed by atoms with Gasteiger partial charge in [0.25, 0.3) is 5.92 Å². The second kappa shape index (κ2) is 7.26. The third-order valence-corrected chi connectivity index (χ3v) is 4.97. The van der Waals surface area contributed by atoms with Crippen LogP contribution in [-0.4, -0.2) is 52.3 Å². The number of aromatic nitrogens is 2. The number of phenols is 1. The Morgan fingerprint density at radius 3 is 2.66 bits per heavy atom. The number of piperidine rings is 1. The Morgan fingerprint density at radius 2 is 1.97 bits per heavy atom. The molecule has 1 saturated heterocycles. The van der Waals surface area contributed by atoms with Crippen LogP contribution in [-0.2, 0) is 0 Å². The fourth-order valence-electron chi connectivity index (χ4n) is 3.81. The second-order valence-corrected chi connectivity index (χ2v) is 7.35. The van der Waals surface area contributed by atoms with Crippen LogP contribution in [0.3, 0.4) is 0 Å². The van der Waals surface area contributed by atoms with Crippen LogP contribution in [0, 0.1) is 6.57 Å². The molecular weight excluding hydrogens is 376 g/mol. The monoisotopic (exact) mass is 395 g/mol. The van der Waals surface area contributed by atoms with Gasteiger partial charge < -0.3 is 10.4 Å². The van der Waals surface area contributed by atoms with Crippen molar-refractivity contribution in [3.8, 4) is 17.0 Å². The number of hydrogen-bond donors (Lipinski definition) is 2. The maximum atomic E-state index is 13.9. The lowest BCUT2D eigenvalue weighted by molar-refractivity contribution is -0.0611. The lowest BCUT2D eigenvalue weighted by Gasteiger charge is -2.36. The van der Waals surface area contributed by atoms with E-state index in [1.54, 1.807) is 24.1 Å². The van der Waals surface area contributed by atoms with Crippen LogP contribution in [0.2, 0.25) is 0 Å². The molecule has 1 aliphatic heterocycles. The third-order valence-electron chi connectivity index (χ3n) is 4.97. The van der Waals surface area contributed by atoms with Crippen LogP contribution >= 0.6 is 0 Å². The van der Waals surface area contributed by atoms with Crippen molar-refractivity contribution in [1.82, 2.24) is 15.1 Å². The smallest absolute Gasteiger partial charge is 0.262 e. The lowest BCUT2D eigenvalue weighted by Crippen LogP contribution is -2.50. The van der Waals surface area contributed by atoms with Crippen molar-refractivity contribution >= 4 is 22.3 Å². The van der Waals surface area contributed by atoms with Crippen LogP contribution in [0.25, 0.3) is 26.9 Å². The SMILES string of the molecule is [C-]#[N+]c1ccc(-c2nnc(N[C@H]3CN(C)CC(F)(F)C3)c3ccccc23)c(O)c1. The summed E-state index contributed by atoms with van der Waals surface area (Å²) in [6, 6.07) is 11.5. The number of nitrogens with one attached hydrogen (secondary N) is 1. The number of alkyl halides is 2. The summed E-state index contributed by atoms with van der Waals surface area (Å²) in [5, 5.41) is 23.4. The zero-order valence-corrected chi connectivity index (χ0v) is 15.7. The van der Waals surface area contributed by atoms with Crippen molar-refractivity contribution in [3.05, 3.63) is 53.9 Å². The van der Waals surface area contributed by atoms with E-state index in [-0.39, 0.29) is 18.7 Å². The summed E-state index contributed by atoms with van der Waals surface area (Å²) in [7, 11) is 1.67. The summed E-state index contributed by atoms with van der Waals surface area (Å²) in [5.41, 5.74) is 1.24. The van der Waals surface area contributed by atoms with Crippen molar-refractivity contribution < 1.29 is 13.9 Å². The quantitative estimate of drug-likeness (QED) is 0.647. The first-order valence-corrected chi connectivity index (χ1v) is 9.15. The molecule has 8 heteroatoms. The van der Waals surface area contributed by atoms with Crippen LogP contribution in [0.5, 0.6) is 5.75 Å². The molecule has 2 N–H and O–H groups in total. The number of benzene rings is 2. The Kier molecular flexibility index (Phi) is 4.76. The van der Waals surface area contributed by atoms with E-state index < -0.39 is 12.0 Å². The molecule has 3 aromatic rings. The van der Waals surface area contributed by atoms with Gasteiger partial charge in [-0.3, -0.25) is 4.90 Å². The minimum atomic E-state index is -2.76. The molecule has 0 spiro atoms. The molecule has 0 bridgehead atoms. The van der Waals surface area contributed by atoms with E-state index in [2.05, 4.69) is 20.4 Å². The first kappa shape index (κ1) is 19.0. The molecule has 148 valence electrons. The second-order valence-electron chi connectivity index (χ2n) is 7.35. The Hall–Kier alpha value is -3.31. The fraction of sp³-hybridized carbons (Fsp3) is 0.286. The highest BCUT2D eigenvalue weighted by molar-refractivity contribution is 6.01. The van der Waals surface area contributed by atoms with E-state index in [1.165, 1.54) is 6.07 Å². The summed E-state index contributed by atoms with van der Waals surface area (Å²) in [6.07, 6.45) is -0.270. The highest BCUT2D eigenvalue weighted by atomic mass is 19.3. The molecule has 1 aromatic heterocycles. The van der Waals surface area contributed by atoms with E-state index in [9.17, 15) is 13.9 Å². The summed E-state index contributed by atoms with van der Waals surface area (Å²) in [6.45, 7) is 7.28. The molecular formula is C21H19F2N5O. The number of halogens is 2. The number of aromatic hydroxyl groups is 1. The molecule has 0 unspecified atom stereocenters. The predicted molar refractivity (Wildman–Crippen MR) is 107 cm³/mol. The zero-order chi connectivity index (χ0) is 20.6. The number of likely N-dealkylation sites (N-methyl/N-ethyl adjacent to an activating group) is 1. The summed E-state index contributed by atoms with van der Waals surface area (Å²) < 4.78 is 27.9. The van der Waals surface area contributed by atoms with Gasteiger partial charge in [-0.05, 0) is 13.1 Å². The summed E-state index contributed by atoms with van der Waals surface area (Å²) >= 11 is 0. The first-order valence-electron chi connectivity index (χ1n) is 9.15. The lowest BCUT2D eigenvalue weighted by atomic mass is 10.0. The number of anilines is 1. The fourth-order valence-corrected chi connectivity index (χ4v) is 3.81. The largest absolute Gasteiger partial charge is 0.509 e. The van der Waals surface area contributed by atoms with Crippen LogP contribution in [0.4, 0.5) is 20.3 Å². The molecule has 0 amide bonds. The van der Waals surface area contributed by atoms with E-state index in [4.69, 9.17) is 6.57 Å². The molecule has 0 radical (unpaired) electrons. The Morgan fingerprint density at radius 1 is 1.21 bits per heavy atom. The van der Waals surface area contributed by atoms with Crippen molar-refractivity contribution in [2.75, 3.05) is 25.5 Å². The van der Waals surface area contributed by atoms with E-state index >= 15 is 0 Å². The Labute approximate surface area is 166 Å². The van der Waals surface area contributed by atoms with Gasteiger partial charge in [-0.1, -0.05) is 36.4 Å². The first-order chi connectivity index (χ1) is 13.9. The van der Waals surface area contributed by atoms with Gasteiger partial charge in [-0.2, -0.15) is 0 Å². The molecule has 29 heavy (non-hydrogen) atoms. The minimum Gasteiger partial charge on any atom is -0.509 e. The van der Waals surface area contributed by atoms with Gasteiger partial charge in [0, 0.05) is 35.3 Å².